The lowest BCUT2D eigenvalue weighted by Crippen LogP contribution is -1.96. The van der Waals surface area contributed by atoms with Gasteiger partial charge in [0.15, 0.2) is 0 Å². The Morgan fingerprint density at radius 1 is 0.548 bits per heavy atom. The summed E-state index contributed by atoms with van der Waals surface area (Å²) in [7, 11) is 0. The van der Waals surface area contributed by atoms with E-state index in [2.05, 4.69) is 111 Å². The summed E-state index contributed by atoms with van der Waals surface area (Å²) >= 11 is 0. The molecule has 0 amide bonds. The molecule has 5 aromatic rings. The molecule has 0 spiro atoms. The second-order valence-electron chi connectivity index (χ2n) is 7.96. The number of rotatable bonds is 4. The molecule has 0 aromatic heterocycles. The van der Waals surface area contributed by atoms with Crippen molar-refractivity contribution in [2.24, 2.45) is 0 Å². The molecule has 0 radical (unpaired) electrons. The second-order valence-corrected chi connectivity index (χ2v) is 7.96. The van der Waals surface area contributed by atoms with E-state index in [-0.39, 0.29) is 0 Å². The van der Waals surface area contributed by atoms with E-state index in [0.29, 0.717) is 0 Å². The van der Waals surface area contributed by atoms with Crippen LogP contribution in [-0.4, -0.2) is 0 Å². The average Bonchev–Trinajstić information content (AvgIpc) is 2.82. The normalized spacial score (nSPS) is 11.0. The number of hydrogen-bond donors (Lipinski definition) is 0. The van der Waals surface area contributed by atoms with E-state index < -0.39 is 0 Å². The Hall–Kier alpha value is -3.90. The van der Waals surface area contributed by atoms with Gasteiger partial charge in [0.25, 0.3) is 0 Å². The summed E-state index contributed by atoms with van der Waals surface area (Å²) in [5, 5.41) is 4.95. The van der Waals surface area contributed by atoms with Crippen molar-refractivity contribution in [3.05, 3.63) is 121 Å². The van der Waals surface area contributed by atoms with Crippen molar-refractivity contribution in [1.29, 1.82) is 0 Å². The van der Waals surface area contributed by atoms with Crippen molar-refractivity contribution in [3.63, 3.8) is 0 Å². The van der Waals surface area contributed by atoms with E-state index in [1.54, 1.807) is 0 Å². The number of benzene rings is 5. The SMILES string of the molecule is C=Cc1c(C=C)c(-c2ccc3ccccc3c2)c2ccccc2c1-c1ccc(C)cc1. The first-order valence-electron chi connectivity index (χ1n) is 10.6. The van der Waals surface area contributed by atoms with Gasteiger partial charge in [0.05, 0.1) is 0 Å². The summed E-state index contributed by atoms with van der Waals surface area (Å²) in [5.41, 5.74) is 8.32. The van der Waals surface area contributed by atoms with Gasteiger partial charge in [-0.2, -0.15) is 0 Å². The minimum absolute atomic E-state index is 1.12. The van der Waals surface area contributed by atoms with Gasteiger partial charge in [0, 0.05) is 0 Å². The first kappa shape index (κ1) is 19.1. The molecule has 5 rings (SSSR count). The van der Waals surface area contributed by atoms with Gasteiger partial charge in [0.2, 0.25) is 0 Å². The molecule has 0 aliphatic rings. The van der Waals surface area contributed by atoms with Gasteiger partial charge in [-0.3, -0.25) is 0 Å². The molecule has 0 fully saturated rings. The molecule has 31 heavy (non-hydrogen) atoms. The zero-order chi connectivity index (χ0) is 21.4. The van der Waals surface area contributed by atoms with Crippen LogP contribution in [0.3, 0.4) is 0 Å². The van der Waals surface area contributed by atoms with Crippen LogP contribution in [0.2, 0.25) is 0 Å². The standard InChI is InChI=1S/C31H24/c1-4-26-27(5-2)31(25-19-18-22-10-6-7-11-24(22)20-25)29-13-9-8-12-28(29)30(26)23-16-14-21(3)15-17-23/h4-20H,1-2H2,3H3. The van der Waals surface area contributed by atoms with Gasteiger partial charge in [-0.1, -0.05) is 116 Å². The Balaban J connectivity index is 1.92. The third-order valence-electron chi connectivity index (χ3n) is 6.08. The molecule has 0 aliphatic carbocycles. The monoisotopic (exact) mass is 396 g/mol. The fourth-order valence-corrected chi connectivity index (χ4v) is 4.59. The first-order chi connectivity index (χ1) is 15.2. The molecule has 0 nitrogen and oxygen atoms in total. The third-order valence-corrected chi connectivity index (χ3v) is 6.08. The zero-order valence-corrected chi connectivity index (χ0v) is 17.7. The molecule has 0 saturated carbocycles. The Morgan fingerprint density at radius 2 is 1.06 bits per heavy atom. The van der Waals surface area contributed by atoms with Gasteiger partial charge in [-0.25, -0.2) is 0 Å². The van der Waals surface area contributed by atoms with Crippen molar-refractivity contribution >= 4 is 33.7 Å². The third kappa shape index (κ3) is 3.17. The average molecular weight is 397 g/mol. The maximum Gasteiger partial charge on any atom is -0.00264 e. The van der Waals surface area contributed by atoms with E-state index in [0.717, 1.165) is 11.1 Å². The summed E-state index contributed by atoms with van der Waals surface area (Å²) in [6, 6.07) is 32.6. The van der Waals surface area contributed by atoms with Crippen LogP contribution < -0.4 is 0 Å². The van der Waals surface area contributed by atoms with E-state index in [1.165, 1.54) is 49.4 Å². The van der Waals surface area contributed by atoms with Crippen molar-refractivity contribution in [3.8, 4) is 22.3 Å². The summed E-state index contributed by atoms with van der Waals surface area (Å²) in [5.74, 6) is 0. The quantitative estimate of drug-likeness (QED) is 0.284. The van der Waals surface area contributed by atoms with Gasteiger partial charge in [0.1, 0.15) is 0 Å². The highest BCUT2D eigenvalue weighted by molar-refractivity contribution is 6.12. The highest BCUT2D eigenvalue weighted by Gasteiger charge is 2.18. The Morgan fingerprint density at radius 3 is 1.68 bits per heavy atom. The largest absolute Gasteiger partial charge is 0.0984 e. The van der Waals surface area contributed by atoms with Crippen LogP contribution in [0.4, 0.5) is 0 Å². The highest BCUT2D eigenvalue weighted by Crippen LogP contribution is 2.43. The molecule has 148 valence electrons. The molecule has 0 unspecified atom stereocenters. The molecule has 0 atom stereocenters. The van der Waals surface area contributed by atoms with Gasteiger partial charge < -0.3 is 0 Å². The van der Waals surface area contributed by atoms with Crippen molar-refractivity contribution in [2.45, 2.75) is 6.92 Å². The summed E-state index contributed by atoms with van der Waals surface area (Å²) < 4.78 is 0. The topological polar surface area (TPSA) is 0 Å². The van der Waals surface area contributed by atoms with E-state index >= 15 is 0 Å². The predicted octanol–water partition coefficient (Wildman–Crippen LogP) is 8.92. The maximum atomic E-state index is 4.20. The minimum atomic E-state index is 1.12. The number of hydrogen-bond acceptors (Lipinski definition) is 0. The lowest BCUT2D eigenvalue weighted by molar-refractivity contribution is 1.47. The highest BCUT2D eigenvalue weighted by atomic mass is 14.2. The lowest BCUT2D eigenvalue weighted by Gasteiger charge is -2.20. The van der Waals surface area contributed by atoms with Gasteiger partial charge in [-0.15, -0.1) is 0 Å². The van der Waals surface area contributed by atoms with Crippen LogP contribution in [0.1, 0.15) is 16.7 Å². The smallest absolute Gasteiger partial charge is 0.00264 e. The van der Waals surface area contributed by atoms with Crippen LogP contribution in [0.15, 0.2) is 104 Å². The molecule has 0 heteroatoms. The van der Waals surface area contributed by atoms with Crippen molar-refractivity contribution in [2.75, 3.05) is 0 Å². The molecule has 0 N–H and O–H groups in total. The van der Waals surface area contributed by atoms with Crippen LogP contribution in [0.25, 0.3) is 56.0 Å². The first-order valence-corrected chi connectivity index (χ1v) is 10.6. The molecule has 5 aromatic carbocycles. The van der Waals surface area contributed by atoms with Crippen LogP contribution in [0.5, 0.6) is 0 Å². The Kier molecular flexibility index (Phi) is 4.76. The maximum absolute atomic E-state index is 4.20. The number of aryl methyl sites for hydroxylation is 1. The van der Waals surface area contributed by atoms with Gasteiger partial charge >= 0.3 is 0 Å². The Labute approximate surface area is 183 Å². The van der Waals surface area contributed by atoms with Crippen molar-refractivity contribution < 1.29 is 0 Å². The fourth-order valence-electron chi connectivity index (χ4n) is 4.59. The molecule has 0 bridgehead atoms. The second kappa shape index (κ2) is 7.74. The lowest BCUT2D eigenvalue weighted by atomic mass is 9.83. The summed E-state index contributed by atoms with van der Waals surface area (Å²) in [6.45, 7) is 10.5. The molecular formula is C31H24. The van der Waals surface area contributed by atoms with E-state index in [9.17, 15) is 0 Å². The minimum Gasteiger partial charge on any atom is -0.0984 e. The van der Waals surface area contributed by atoms with Gasteiger partial charge in [-0.05, 0) is 67.9 Å². The molecule has 0 saturated heterocycles. The van der Waals surface area contributed by atoms with Crippen LogP contribution in [-0.2, 0) is 0 Å². The predicted molar refractivity (Wildman–Crippen MR) is 137 cm³/mol. The number of fused-ring (bicyclic) bond motifs is 2. The van der Waals surface area contributed by atoms with E-state index in [1.807, 2.05) is 12.2 Å². The summed E-state index contributed by atoms with van der Waals surface area (Å²) in [4.78, 5) is 0. The summed E-state index contributed by atoms with van der Waals surface area (Å²) in [6.07, 6.45) is 3.95. The van der Waals surface area contributed by atoms with Crippen molar-refractivity contribution in [1.82, 2.24) is 0 Å². The zero-order valence-electron chi connectivity index (χ0n) is 17.7. The van der Waals surface area contributed by atoms with Crippen LogP contribution in [0, 0.1) is 6.92 Å². The van der Waals surface area contributed by atoms with Crippen LogP contribution >= 0.6 is 0 Å². The molecule has 0 aliphatic heterocycles. The fraction of sp³-hybridized carbons (Fsp3) is 0.0323. The molecule has 0 heterocycles. The molecular weight excluding hydrogens is 372 g/mol. The Bertz CT molecular complexity index is 1450. The van der Waals surface area contributed by atoms with E-state index in [4.69, 9.17) is 0 Å².